The third kappa shape index (κ3) is 1.02. The van der Waals surface area contributed by atoms with Crippen molar-refractivity contribution >= 4 is 39.3 Å². The predicted molar refractivity (Wildman–Crippen MR) is 50.0 cm³/mol. The Balaban J connectivity index is 2.90. The Labute approximate surface area is 77.8 Å². The van der Waals surface area contributed by atoms with Crippen LogP contribution in [0.3, 0.4) is 0 Å². The summed E-state index contributed by atoms with van der Waals surface area (Å²) in [6, 6.07) is 1.79. The van der Waals surface area contributed by atoms with E-state index in [1.165, 1.54) is 11.3 Å². The van der Waals surface area contributed by atoms with Gasteiger partial charge in [-0.2, -0.15) is 0 Å². The van der Waals surface area contributed by atoms with Crippen molar-refractivity contribution in [1.29, 1.82) is 0 Å². The van der Waals surface area contributed by atoms with Crippen LogP contribution >= 0.6 is 22.9 Å². The minimum absolute atomic E-state index is 0.535. The molecule has 2 heterocycles. The van der Waals surface area contributed by atoms with Gasteiger partial charge in [-0.3, -0.25) is 9.78 Å². The molecule has 0 aromatic carbocycles. The number of halogens is 1. The van der Waals surface area contributed by atoms with Crippen LogP contribution in [0.1, 0.15) is 10.4 Å². The average molecular weight is 198 g/mol. The third-order valence-electron chi connectivity index (χ3n) is 1.60. The van der Waals surface area contributed by atoms with E-state index in [2.05, 4.69) is 4.98 Å². The summed E-state index contributed by atoms with van der Waals surface area (Å²) in [5.74, 6) is 0. The standard InChI is InChI=1S/C8H4ClNOS/c9-8-6(4-11)5-1-2-10-3-7(5)12-8/h1-4H. The number of pyridine rings is 1. The van der Waals surface area contributed by atoms with Crippen molar-refractivity contribution in [3.8, 4) is 0 Å². The lowest BCUT2D eigenvalue weighted by Crippen LogP contribution is -1.76. The molecule has 0 radical (unpaired) electrons. The molecule has 4 heteroatoms. The second-order valence-electron chi connectivity index (χ2n) is 2.28. The molecule has 0 atom stereocenters. The van der Waals surface area contributed by atoms with Crippen LogP contribution in [0.2, 0.25) is 4.34 Å². The zero-order valence-electron chi connectivity index (χ0n) is 5.95. The van der Waals surface area contributed by atoms with E-state index in [1.807, 2.05) is 0 Å². The maximum absolute atomic E-state index is 10.6. The second-order valence-corrected chi connectivity index (χ2v) is 3.93. The Morgan fingerprint density at radius 1 is 1.58 bits per heavy atom. The molecule has 2 nitrogen and oxygen atoms in total. The van der Waals surface area contributed by atoms with Gasteiger partial charge >= 0.3 is 0 Å². The first-order chi connectivity index (χ1) is 5.83. The molecule has 0 aliphatic carbocycles. The zero-order chi connectivity index (χ0) is 8.55. The number of thiophene rings is 1. The molecule has 0 aliphatic rings. The van der Waals surface area contributed by atoms with Crippen LogP contribution in [0.4, 0.5) is 0 Å². The van der Waals surface area contributed by atoms with E-state index in [0.717, 1.165) is 16.4 Å². The van der Waals surface area contributed by atoms with Gasteiger partial charge in [0, 0.05) is 17.8 Å². The van der Waals surface area contributed by atoms with Gasteiger partial charge in [0.15, 0.2) is 6.29 Å². The maximum atomic E-state index is 10.6. The van der Waals surface area contributed by atoms with E-state index < -0.39 is 0 Å². The number of carbonyl (C=O) groups excluding carboxylic acids is 1. The van der Waals surface area contributed by atoms with Crippen molar-refractivity contribution in [2.75, 3.05) is 0 Å². The average Bonchev–Trinajstić information content (AvgIpc) is 2.40. The summed E-state index contributed by atoms with van der Waals surface area (Å²) in [7, 11) is 0. The van der Waals surface area contributed by atoms with Crippen molar-refractivity contribution in [3.05, 3.63) is 28.4 Å². The van der Waals surface area contributed by atoms with Gasteiger partial charge in [-0.15, -0.1) is 11.3 Å². The molecule has 2 aromatic rings. The van der Waals surface area contributed by atoms with Crippen LogP contribution in [0, 0.1) is 0 Å². The summed E-state index contributed by atoms with van der Waals surface area (Å²) >= 11 is 7.20. The molecule has 0 bridgehead atoms. The fraction of sp³-hybridized carbons (Fsp3) is 0. The monoisotopic (exact) mass is 197 g/mol. The van der Waals surface area contributed by atoms with Crippen molar-refractivity contribution in [3.63, 3.8) is 0 Å². The summed E-state index contributed by atoms with van der Waals surface area (Å²) in [5.41, 5.74) is 0.569. The van der Waals surface area contributed by atoms with Crippen LogP contribution < -0.4 is 0 Å². The van der Waals surface area contributed by atoms with E-state index in [0.29, 0.717) is 9.90 Å². The molecule has 0 unspecified atom stereocenters. The second kappa shape index (κ2) is 2.84. The largest absolute Gasteiger partial charge is 0.298 e. The van der Waals surface area contributed by atoms with Gasteiger partial charge in [0.25, 0.3) is 0 Å². The Morgan fingerprint density at radius 2 is 2.42 bits per heavy atom. The van der Waals surface area contributed by atoms with E-state index in [9.17, 15) is 4.79 Å². The number of aldehydes is 1. The Bertz CT molecular complexity index is 438. The van der Waals surface area contributed by atoms with Crippen molar-refractivity contribution in [1.82, 2.24) is 4.98 Å². The molecule has 0 N–H and O–H groups in total. The SMILES string of the molecule is O=Cc1c(Cl)sc2cnccc12. The van der Waals surface area contributed by atoms with Crippen molar-refractivity contribution in [2.45, 2.75) is 0 Å². The quantitative estimate of drug-likeness (QED) is 0.658. The van der Waals surface area contributed by atoms with Gasteiger partial charge in [0.1, 0.15) is 4.34 Å². The van der Waals surface area contributed by atoms with E-state index in [4.69, 9.17) is 11.6 Å². The number of carbonyl (C=O) groups is 1. The summed E-state index contributed by atoms with van der Waals surface area (Å²) in [6.45, 7) is 0. The Kier molecular flexibility index (Phi) is 1.83. The van der Waals surface area contributed by atoms with Crippen LogP contribution in [0.25, 0.3) is 10.1 Å². The van der Waals surface area contributed by atoms with Gasteiger partial charge in [-0.1, -0.05) is 11.6 Å². The van der Waals surface area contributed by atoms with E-state index >= 15 is 0 Å². The normalized spacial score (nSPS) is 10.4. The van der Waals surface area contributed by atoms with Crippen LogP contribution in [-0.2, 0) is 0 Å². The van der Waals surface area contributed by atoms with Crippen LogP contribution in [0.5, 0.6) is 0 Å². The van der Waals surface area contributed by atoms with Crippen molar-refractivity contribution < 1.29 is 4.79 Å². The number of fused-ring (bicyclic) bond motifs is 1. The smallest absolute Gasteiger partial charge is 0.153 e. The molecular formula is C8H4ClNOS. The zero-order valence-corrected chi connectivity index (χ0v) is 7.52. The molecule has 0 saturated heterocycles. The molecule has 2 rings (SSSR count). The molecule has 0 aliphatic heterocycles. The fourth-order valence-corrected chi connectivity index (χ4v) is 2.31. The highest BCUT2D eigenvalue weighted by atomic mass is 35.5. The van der Waals surface area contributed by atoms with E-state index in [1.54, 1.807) is 18.5 Å². The van der Waals surface area contributed by atoms with Gasteiger partial charge in [0.05, 0.1) is 10.3 Å². The molecule has 0 saturated carbocycles. The first kappa shape index (κ1) is 7.71. The Hall–Kier alpha value is -0.930. The van der Waals surface area contributed by atoms with Crippen LogP contribution in [0.15, 0.2) is 18.5 Å². The summed E-state index contributed by atoms with van der Waals surface area (Å²) < 4.78 is 1.48. The van der Waals surface area contributed by atoms with Gasteiger partial charge < -0.3 is 0 Å². The molecule has 2 aromatic heterocycles. The van der Waals surface area contributed by atoms with Gasteiger partial charge in [-0.05, 0) is 6.07 Å². The van der Waals surface area contributed by atoms with E-state index in [-0.39, 0.29) is 0 Å². The molecule has 0 fully saturated rings. The van der Waals surface area contributed by atoms with Gasteiger partial charge in [0.2, 0.25) is 0 Å². The van der Waals surface area contributed by atoms with Crippen LogP contribution in [-0.4, -0.2) is 11.3 Å². The highest BCUT2D eigenvalue weighted by molar-refractivity contribution is 7.23. The minimum atomic E-state index is 0.535. The molecule has 60 valence electrons. The molecule has 0 amide bonds. The first-order valence-corrected chi connectivity index (χ1v) is 4.49. The highest BCUT2D eigenvalue weighted by Crippen LogP contribution is 2.32. The molecule has 12 heavy (non-hydrogen) atoms. The number of hydrogen-bond acceptors (Lipinski definition) is 3. The number of rotatable bonds is 1. The minimum Gasteiger partial charge on any atom is -0.298 e. The highest BCUT2D eigenvalue weighted by Gasteiger charge is 2.08. The molecule has 0 spiro atoms. The van der Waals surface area contributed by atoms with Crippen molar-refractivity contribution in [2.24, 2.45) is 0 Å². The topological polar surface area (TPSA) is 30.0 Å². The number of aromatic nitrogens is 1. The maximum Gasteiger partial charge on any atom is 0.153 e. The predicted octanol–water partition coefficient (Wildman–Crippen LogP) is 2.76. The Morgan fingerprint density at radius 3 is 3.17 bits per heavy atom. The lowest BCUT2D eigenvalue weighted by Gasteiger charge is -1.86. The van der Waals surface area contributed by atoms with Gasteiger partial charge in [-0.25, -0.2) is 0 Å². The first-order valence-electron chi connectivity index (χ1n) is 3.30. The number of nitrogens with zero attached hydrogens (tertiary/aromatic N) is 1. The number of hydrogen-bond donors (Lipinski definition) is 0. The molecular weight excluding hydrogens is 194 g/mol. The fourth-order valence-electron chi connectivity index (χ4n) is 1.05. The summed E-state index contributed by atoms with van der Waals surface area (Å²) in [6.07, 6.45) is 4.14. The third-order valence-corrected chi connectivity index (χ3v) is 2.98. The summed E-state index contributed by atoms with van der Waals surface area (Å²) in [4.78, 5) is 14.5. The lowest BCUT2D eigenvalue weighted by atomic mass is 10.2. The summed E-state index contributed by atoms with van der Waals surface area (Å²) in [5, 5.41) is 0.884. The lowest BCUT2D eigenvalue weighted by molar-refractivity contribution is 0.112.